The number of aromatic nitrogens is 1. The molecule has 0 saturated carbocycles. The number of nitrogens with zero attached hydrogens (tertiary/aromatic N) is 1. The van der Waals surface area contributed by atoms with Gasteiger partial charge in [0.25, 0.3) is 0 Å². The maximum Gasteiger partial charge on any atom is 0.184 e. The molecule has 1 aromatic heterocycles. The summed E-state index contributed by atoms with van der Waals surface area (Å²) in [7, 11) is 0. The molecular weight excluding hydrogens is 254 g/mol. The predicted molar refractivity (Wildman–Crippen MR) is 62.8 cm³/mol. The molecule has 4 N–H and O–H groups in total. The molecule has 0 aliphatic carbocycles. The lowest BCUT2D eigenvalue weighted by Gasteiger charge is -2.20. The monoisotopic (exact) mass is 271 g/mol. The second-order valence-corrected chi connectivity index (χ2v) is 4.38. The van der Waals surface area contributed by atoms with E-state index >= 15 is 0 Å². The number of aliphatic hydroxyl groups excluding tert-OH is 4. The maximum absolute atomic E-state index is 9.78. The minimum atomic E-state index is -1.49. The van der Waals surface area contributed by atoms with Crippen LogP contribution in [0, 0.1) is 0 Å². The van der Waals surface area contributed by atoms with E-state index in [2.05, 4.69) is 4.98 Å². The van der Waals surface area contributed by atoms with Crippen molar-refractivity contribution < 1.29 is 29.9 Å². The van der Waals surface area contributed by atoms with Gasteiger partial charge < -0.3 is 29.9 Å². The van der Waals surface area contributed by atoms with Crippen LogP contribution < -0.4 is 0 Å². The van der Waals surface area contributed by atoms with Crippen molar-refractivity contribution in [2.24, 2.45) is 0 Å². The summed E-state index contributed by atoms with van der Waals surface area (Å²) in [6.45, 7) is 0.115. The van der Waals surface area contributed by atoms with Gasteiger partial charge >= 0.3 is 0 Å². The molecule has 1 fully saturated rings. The summed E-state index contributed by atoms with van der Waals surface area (Å²) in [4.78, 5) is 4.04. The summed E-state index contributed by atoms with van der Waals surface area (Å²) in [5.74, 6) is 0. The molecule has 0 spiro atoms. The molecule has 0 amide bonds. The predicted octanol–water partition coefficient (Wildman–Crippen LogP) is -1.60. The van der Waals surface area contributed by atoms with Crippen molar-refractivity contribution in [2.45, 2.75) is 37.3 Å². The summed E-state index contributed by atoms with van der Waals surface area (Å²) in [6, 6.07) is 5.38. The smallest absolute Gasteiger partial charge is 0.184 e. The first-order chi connectivity index (χ1) is 9.09. The van der Waals surface area contributed by atoms with Crippen LogP contribution in [-0.2, 0) is 16.1 Å². The molecule has 1 aliphatic rings. The van der Waals surface area contributed by atoms with E-state index in [0.717, 1.165) is 0 Å². The molecule has 0 unspecified atom stereocenters. The Morgan fingerprint density at radius 3 is 2.63 bits per heavy atom. The molecule has 106 valence electrons. The lowest BCUT2D eigenvalue weighted by Crippen LogP contribution is -2.41. The second kappa shape index (κ2) is 6.38. The molecule has 1 saturated heterocycles. The molecule has 1 aromatic rings. The fourth-order valence-corrected chi connectivity index (χ4v) is 1.87. The standard InChI is InChI=1S/C12H17NO6/c14-8(11-9(15)10(16)12(17)19-11)6-18-5-7-3-1-2-4-13-7/h1-4,8-12,14-17H,5-6H2/t8-,9-,10-,11-,12+/m1/s1. The first kappa shape index (κ1) is 14.3. The van der Waals surface area contributed by atoms with Crippen LogP contribution in [0.5, 0.6) is 0 Å². The highest BCUT2D eigenvalue weighted by molar-refractivity contribution is 5.01. The second-order valence-electron chi connectivity index (χ2n) is 4.38. The highest BCUT2D eigenvalue weighted by Crippen LogP contribution is 2.22. The van der Waals surface area contributed by atoms with Gasteiger partial charge in [0.1, 0.15) is 24.4 Å². The third kappa shape index (κ3) is 3.47. The average molecular weight is 271 g/mol. The highest BCUT2D eigenvalue weighted by atomic mass is 16.7. The lowest BCUT2D eigenvalue weighted by molar-refractivity contribution is -0.154. The van der Waals surface area contributed by atoms with E-state index in [1.165, 1.54) is 0 Å². The van der Waals surface area contributed by atoms with E-state index in [0.29, 0.717) is 5.69 Å². The minimum absolute atomic E-state index is 0.0995. The molecule has 0 radical (unpaired) electrons. The number of rotatable bonds is 5. The van der Waals surface area contributed by atoms with Crippen LogP contribution in [0.3, 0.4) is 0 Å². The van der Waals surface area contributed by atoms with E-state index in [-0.39, 0.29) is 13.2 Å². The van der Waals surface area contributed by atoms with Gasteiger partial charge in [-0.1, -0.05) is 6.07 Å². The Bertz CT molecular complexity index is 389. The van der Waals surface area contributed by atoms with Crippen molar-refractivity contribution in [1.29, 1.82) is 0 Å². The first-order valence-electron chi connectivity index (χ1n) is 5.95. The molecule has 5 atom stereocenters. The topological polar surface area (TPSA) is 112 Å². The third-order valence-corrected chi connectivity index (χ3v) is 2.92. The Morgan fingerprint density at radius 1 is 1.26 bits per heavy atom. The number of hydrogen-bond acceptors (Lipinski definition) is 7. The largest absolute Gasteiger partial charge is 0.388 e. The Balaban J connectivity index is 1.77. The SMILES string of the molecule is O[C@@H]1[C@@H](O)[C@@H](O)O[C@@H]1[C@H](O)COCc1ccccn1. The summed E-state index contributed by atoms with van der Waals surface area (Å²) in [6.07, 6.45) is -4.85. The van der Waals surface area contributed by atoms with Crippen molar-refractivity contribution in [3.63, 3.8) is 0 Å². The quantitative estimate of drug-likeness (QED) is 0.510. The summed E-state index contributed by atoms with van der Waals surface area (Å²) >= 11 is 0. The van der Waals surface area contributed by atoms with E-state index in [4.69, 9.17) is 9.47 Å². The van der Waals surface area contributed by atoms with Crippen LogP contribution in [-0.4, -0.2) is 62.7 Å². The van der Waals surface area contributed by atoms with Crippen molar-refractivity contribution in [2.75, 3.05) is 6.61 Å². The zero-order valence-electron chi connectivity index (χ0n) is 10.2. The maximum atomic E-state index is 9.78. The van der Waals surface area contributed by atoms with E-state index in [1.807, 2.05) is 6.07 Å². The number of aliphatic hydroxyl groups is 4. The van der Waals surface area contributed by atoms with Crippen LogP contribution in [0.1, 0.15) is 5.69 Å². The molecule has 1 aliphatic heterocycles. The van der Waals surface area contributed by atoms with Crippen molar-refractivity contribution in [1.82, 2.24) is 4.98 Å². The van der Waals surface area contributed by atoms with Crippen LogP contribution in [0.25, 0.3) is 0 Å². The molecular formula is C12H17NO6. The highest BCUT2D eigenvalue weighted by Gasteiger charge is 2.45. The van der Waals surface area contributed by atoms with Gasteiger partial charge in [-0.25, -0.2) is 0 Å². The molecule has 2 heterocycles. The first-order valence-corrected chi connectivity index (χ1v) is 5.95. The Kier molecular flexibility index (Phi) is 4.81. The van der Waals surface area contributed by atoms with Crippen LogP contribution in [0.2, 0.25) is 0 Å². The fraction of sp³-hybridized carbons (Fsp3) is 0.583. The number of hydrogen-bond donors (Lipinski definition) is 4. The van der Waals surface area contributed by atoms with E-state index < -0.39 is 30.7 Å². The van der Waals surface area contributed by atoms with Crippen molar-refractivity contribution in [3.8, 4) is 0 Å². The zero-order chi connectivity index (χ0) is 13.8. The van der Waals surface area contributed by atoms with Gasteiger partial charge in [-0.15, -0.1) is 0 Å². The van der Waals surface area contributed by atoms with Gasteiger partial charge in [-0.2, -0.15) is 0 Å². The minimum Gasteiger partial charge on any atom is -0.388 e. The van der Waals surface area contributed by atoms with Crippen LogP contribution in [0.15, 0.2) is 24.4 Å². The average Bonchev–Trinajstić information content (AvgIpc) is 2.68. The third-order valence-electron chi connectivity index (χ3n) is 2.92. The molecule has 7 heteroatoms. The van der Waals surface area contributed by atoms with Crippen LogP contribution in [0.4, 0.5) is 0 Å². The Hall–Kier alpha value is -1.09. The normalized spacial score (nSPS) is 32.4. The molecule has 0 bridgehead atoms. The molecule has 0 aromatic carbocycles. The fourth-order valence-electron chi connectivity index (χ4n) is 1.87. The Labute approximate surface area is 110 Å². The summed E-state index contributed by atoms with van der Waals surface area (Å²) in [5, 5.41) is 37.8. The van der Waals surface area contributed by atoms with Gasteiger partial charge in [0.2, 0.25) is 0 Å². The van der Waals surface area contributed by atoms with Crippen molar-refractivity contribution in [3.05, 3.63) is 30.1 Å². The van der Waals surface area contributed by atoms with Crippen molar-refractivity contribution >= 4 is 0 Å². The van der Waals surface area contributed by atoms with Gasteiger partial charge in [0, 0.05) is 6.20 Å². The van der Waals surface area contributed by atoms with Gasteiger partial charge in [-0.3, -0.25) is 4.98 Å². The zero-order valence-corrected chi connectivity index (χ0v) is 10.2. The molecule has 19 heavy (non-hydrogen) atoms. The lowest BCUT2D eigenvalue weighted by atomic mass is 10.1. The summed E-state index contributed by atoms with van der Waals surface area (Å²) < 4.78 is 10.1. The summed E-state index contributed by atoms with van der Waals surface area (Å²) in [5.41, 5.74) is 0.711. The molecule has 7 nitrogen and oxygen atoms in total. The van der Waals surface area contributed by atoms with Gasteiger partial charge in [0.15, 0.2) is 6.29 Å². The number of pyridine rings is 1. The van der Waals surface area contributed by atoms with E-state index in [9.17, 15) is 20.4 Å². The number of ether oxygens (including phenoxy) is 2. The van der Waals surface area contributed by atoms with E-state index in [1.54, 1.807) is 18.3 Å². The van der Waals surface area contributed by atoms with Gasteiger partial charge in [-0.05, 0) is 12.1 Å². The van der Waals surface area contributed by atoms with Gasteiger partial charge in [0.05, 0.1) is 18.9 Å². The molecule has 2 rings (SSSR count). The Morgan fingerprint density at radius 2 is 2.05 bits per heavy atom. The van der Waals surface area contributed by atoms with Crippen LogP contribution >= 0.6 is 0 Å².